The fourth-order valence-electron chi connectivity index (χ4n) is 4.79. The minimum Gasteiger partial charge on any atom is -0.444 e. The lowest BCUT2D eigenvalue weighted by Gasteiger charge is -2.44. The van der Waals surface area contributed by atoms with Crippen molar-refractivity contribution in [1.29, 1.82) is 0 Å². The van der Waals surface area contributed by atoms with Crippen LogP contribution in [-0.4, -0.2) is 68.1 Å². The molecule has 1 amide bonds. The third kappa shape index (κ3) is 4.12. The Morgan fingerprint density at radius 1 is 1.27 bits per heavy atom. The number of pyridine rings is 1. The summed E-state index contributed by atoms with van der Waals surface area (Å²) >= 11 is 1.58. The second-order valence-electron chi connectivity index (χ2n) is 9.71. The van der Waals surface area contributed by atoms with Gasteiger partial charge in [0.25, 0.3) is 0 Å². The molecule has 4 atom stereocenters. The zero-order chi connectivity index (χ0) is 23.3. The molecule has 2 aliphatic rings. The third-order valence-electron chi connectivity index (χ3n) is 6.34. The molecule has 2 aliphatic heterocycles. The van der Waals surface area contributed by atoms with E-state index in [0.717, 1.165) is 21.4 Å². The summed E-state index contributed by atoms with van der Waals surface area (Å²) in [4.78, 5) is 25.6. The van der Waals surface area contributed by atoms with Crippen LogP contribution in [0, 0.1) is 0 Å². The summed E-state index contributed by atoms with van der Waals surface area (Å²) in [6, 6.07) is 3.02. The molecule has 0 aliphatic carbocycles. The van der Waals surface area contributed by atoms with Crippen LogP contribution < -0.4 is 4.90 Å². The highest BCUT2D eigenvalue weighted by Crippen LogP contribution is 2.40. The predicted molar refractivity (Wildman–Crippen MR) is 125 cm³/mol. The van der Waals surface area contributed by atoms with Gasteiger partial charge in [-0.2, -0.15) is 0 Å². The standard InChI is InChI=1S/C23H27FN6O2S/c1-23(2,3)32-22(31)30-14-5-6-16(30)20(24)17(10-14)29(4)21-26-11-15(27-28-21)18-9-13-7-8-25-12-19(13)33-18/h7-9,11-12,14,16-17,20H,5-6,10H2,1-4H3/t14?,16?,17-,20+/m1/s1. The van der Waals surface area contributed by atoms with Gasteiger partial charge in [-0.25, -0.2) is 14.2 Å². The number of halogens is 1. The molecule has 5 heterocycles. The number of fused-ring (bicyclic) bond motifs is 3. The second kappa shape index (κ2) is 8.16. The minimum atomic E-state index is -1.22. The zero-order valence-electron chi connectivity index (χ0n) is 19.1. The van der Waals surface area contributed by atoms with E-state index >= 15 is 4.39 Å². The molecule has 2 bridgehead atoms. The van der Waals surface area contributed by atoms with Gasteiger partial charge in [-0.3, -0.25) is 9.88 Å². The second-order valence-corrected chi connectivity index (χ2v) is 10.8. The van der Waals surface area contributed by atoms with E-state index in [1.54, 1.807) is 40.6 Å². The minimum absolute atomic E-state index is 0.0521. The zero-order valence-corrected chi connectivity index (χ0v) is 19.9. The highest BCUT2D eigenvalue weighted by Gasteiger charge is 2.52. The summed E-state index contributed by atoms with van der Waals surface area (Å²) in [7, 11) is 1.79. The van der Waals surface area contributed by atoms with Gasteiger partial charge in [0.05, 0.1) is 27.9 Å². The highest BCUT2D eigenvalue weighted by molar-refractivity contribution is 7.22. The molecule has 2 unspecified atom stereocenters. The molecule has 174 valence electrons. The Balaban J connectivity index is 1.32. The van der Waals surface area contributed by atoms with Crippen LogP contribution in [0.1, 0.15) is 40.0 Å². The molecular weight excluding hydrogens is 443 g/mol. The Morgan fingerprint density at radius 3 is 2.79 bits per heavy atom. The van der Waals surface area contributed by atoms with Crippen molar-refractivity contribution in [2.24, 2.45) is 0 Å². The van der Waals surface area contributed by atoms with E-state index in [9.17, 15) is 4.79 Å². The molecule has 2 saturated heterocycles. The molecular formula is C23H27FN6O2S. The van der Waals surface area contributed by atoms with E-state index in [0.29, 0.717) is 24.5 Å². The molecule has 0 saturated carbocycles. The smallest absolute Gasteiger partial charge is 0.410 e. The number of carbonyl (C=O) groups is 1. The number of rotatable bonds is 3. The first-order valence-electron chi connectivity index (χ1n) is 11.1. The molecule has 8 nitrogen and oxygen atoms in total. The molecule has 3 aromatic rings. The van der Waals surface area contributed by atoms with Crippen LogP contribution in [0.15, 0.2) is 30.7 Å². The van der Waals surface area contributed by atoms with Crippen molar-refractivity contribution >= 4 is 33.5 Å². The lowest BCUT2D eigenvalue weighted by atomic mass is 9.94. The summed E-state index contributed by atoms with van der Waals surface area (Å²) in [5.74, 6) is 0.374. The predicted octanol–water partition coefficient (Wildman–Crippen LogP) is 4.46. The van der Waals surface area contributed by atoms with Crippen molar-refractivity contribution in [2.45, 2.75) is 69.9 Å². The maximum absolute atomic E-state index is 15.6. The molecule has 0 aromatic carbocycles. The number of alkyl halides is 1. The number of amides is 1. The van der Waals surface area contributed by atoms with Gasteiger partial charge in [0.1, 0.15) is 17.5 Å². The van der Waals surface area contributed by atoms with Crippen LogP contribution in [0.2, 0.25) is 0 Å². The van der Waals surface area contributed by atoms with Gasteiger partial charge in [-0.05, 0) is 57.6 Å². The largest absolute Gasteiger partial charge is 0.444 e. The van der Waals surface area contributed by atoms with Gasteiger partial charge in [0.2, 0.25) is 5.95 Å². The molecule has 5 rings (SSSR count). The van der Waals surface area contributed by atoms with Crippen LogP contribution in [0.25, 0.3) is 20.7 Å². The third-order valence-corrected chi connectivity index (χ3v) is 7.45. The van der Waals surface area contributed by atoms with E-state index in [1.807, 2.05) is 39.1 Å². The number of nitrogens with zero attached hydrogens (tertiary/aromatic N) is 6. The number of thiophene rings is 1. The Labute approximate surface area is 195 Å². The van der Waals surface area contributed by atoms with Crippen molar-refractivity contribution in [2.75, 3.05) is 11.9 Å². The van der Waals surface area contributed by atoms with Crippen LogP contribution in [0.5, 0.6) is 0 Å². The normalized spacial score (nSPS) is 24.8. The van der Waals surface area contributed by atoms with E-state index in [4.69, 9.17) is 4.74 Å². The number of hydrogen-bond donors (Lipinski definition) is 0. The Morgan fingerprint density at radius 2 is 2.09 bits per heavy atom. The first-order chi connectivity index (χ1) is 15.7. The number of carbonyl (C=O) groups excluding carboxylic acids is 1. The summed E-state index contributed by atoms with van der Waals surface area (Å²) in [6.45, 7) is 5.47. The summed E-state index contributed by atoms with van der Waals surface area (Å²) in [5, 5.41) is 9.74. The lowest BCUT2D eigenvalue weighted by Crippen LogP contribution is -2.59. The average Bonchev–Trinajstić information content (AvgIpc) is 3.36. The SMILES string of the molecule is CN(c1ncc(-c2cc3ccncc3s2)nn1)[C@@H]1CC2CCC([C@@H]1F)N2C(=O)OC(C)(C)C. The molecule has 0 N–H and O–H groups in total. The first kappa shape index (κ1) is 21.9. The summed E-state index contributed by atoms with van der Waals surface area (Å²) < 4.78 is 22.2. The fraction of sp³-hybridized carbons (Fsp3) is 0.522. The van der Waals surface area contributed by atoms with Crippen molar-refractivity contribution in [1.82, 2.24) is 25.1 Å². The van der Waals surface area contributed by atoms with E-state index in [1.165, 1.54) is 0 Å². The van der Waals surface area contributed by atoms with Crippen LogP contribution in [0.3, 0.4) is 0 Å². The average molecular weight is 471 g/mol. The maximum atomic E-state index is 15.6. The molecule has 3 aromatic heterocycles. The number of ether oxygens (including phenoxy) is 1. The van der Waals surface area contributed by atoms with Gasteiger partial charge in [-0.1, -0.05) is 0 Å². The Kier molecular flexibility index (Phi) is 5.43. The van der Waals surface area contributed by atoms with Gasteiger partial charge >= 0.3 is 6.09 Å². The van der Waals surface area contributed by atoms with Crippen LogP contribution >= 0.6 is 11.3 Å². The van der Waals surface area contributed by atoms with Crippen molar-refractivity contribution in [3.05, 3.63) is 30.7 Å². The van der Waals surface area contributed by atoms with Crippen molar-refractivity contribution in [3.8, 4) is 10.6 Å². The van der Waals surface area contributed by atoms with E-state index in [2.05, 4.69) is 20.2 Å². The van der Waals surface area contributed by atoms with Gasteiger partial charge in [-0.15, -0.1) is 21.5 Å². The number of aromatic nitrogens is 4. The molecule has 33 heavy (non-hydrogen) atoms. The molecule has 10 heteroatoms. The number of piperidine rings is 1. The van der Waals surface area contributed by atoms with Crippen molar-refractivity contribution in [3.63, 3.8) is 0 Å². The summed E-state index contributed by atoms with van der Waals surface area (Å²) in [6.07, 6.45) is 5.51. The van der Waals surface area contributed by atoms with Crippen LogP contribution in [-0.2, 0) is 4.74 Å². The highest BCUT2D eigenvalue weighted by atomic mass is 32.1. The quantitative estimate of drug-likeness (QED) is 0.559. The fourth-order valence-corrected chi connectivity index (χ4v) is 5.77. The Hall–Kier alpha value is -2.88. The van der Waals surface area contributed by atoms with E-state index in [-0.39, 0.29) is 6.04 Å². The van der Waals surface area contributed by atoms with Gasteiger partial charge in [0, 0.05) is 25.5 Å². The maximum Gasteiger partial charge on any atom is 0.410 e. The van der Waals surface area contributed by atoms with Crippen molar-refractivity contribution < 1.29 is 13.9 Å². The monoisotopic (exact) mass is 470 g/mol. The van der Waals surface area contributed by atoms with Gasteiger partial charge in [0.15, 0.2) is 0 Å². The number of anilines is 1. The molecule has 0 radical (unpaired) electrons. The Bertz CT molecular complexity index is 1130. The van der Waals surface area contributed by atoms with Crippen LogP contribution in [0.4, 0.5) is 15.1 Å². The van der Waals surface area contributed by atoms with Gasteiger partial charge < -0.3 is 9.64 Å². The lowest BCUT2D eigenvalue weighted by molar-refractivity contribution is -0.0104. The first-order valence-corrected chi connectivity index (χ1v) is 11.9. The van der Waals surface area contributed by atoms with E-state index < -0.39 is 29.9 Å². The topological polar surface area (TPSA) is 84.3 Å². The number of hydrogen-bond acceptors (Lipinski definition) is 8. The molecule has 0 spiro atoms. The summed E-state index contributed by atoms with van der Waals surface area (Å²) in [5.41, 5.74) is 0.0623. The molecule has 2 fully saturated rings.